The number of benzene rings is 2. The predicted molar refractivity (Wildman–Crippen MR) is 108 cm³/mol. The minimum atomic E-state index is 0.0707. The van der Waals surface area contributed by atoms with Gasteiger partial charge in [-0.15, -0.1) is 0 Å². The van der Waals surface area contributed by atoms with E-state index in [0.717, 1.165) is 48.5 Å². The largest absolute Gasteiger partial charge is 0.497 e. The first kappa shape index (κ1) is 18.7. The second-order valence-electron chi connectivity index (χ2n) is 6.30. The van der Waals surface area contributed by atoms with Crippen molar-refractivity contribution in [2.75, 3.05) is 33.3 Å². The Morgan fingerprint density at radius 2 is 1.77 bits per heavy atom. The van der Waals surface area contributed by atoms with Gasteiger partial charge in [0.15, 0.2) is 0 Å². The van der Waals surface area contributed by atoms with Gasteiger partial charge in [0.25, 0.3) is 0 Å². The standard InChI is InChI=1S/C21H23BrN2O2/c1-26-19-9-6-17(7-10-19)8-11-21(25)24-14-12-23(13-15-24)16-18-4-2-3-5-20(18)22/h2-11H,12-16H2,1H3/b11-8+. The molecule has 1 fully saturated rings. The molecule has 26 heavy (non-hydrogen) atoms. The average molecular weight is 415 g/mol. The number of methoxy groups -OCH3 is 1. The van der Waals surface area contributed by atoms with Crippen LogP contribution in [0.1, 0.15) is 11.1 Å². The second-order valence-corrected chi connectivity index (χ2v) is 7.15. The molecular weight excluding hydrogens is 392 g/mol. The zero-order valence-electron chi connectivity index (χ0n) is 14.9. The maximum absolute atomic E-state index is 12.4. The lowest BCUT2D eigenvalue weighted by Gasteiger charge is -2.34. The summed E-state index contributed by atoms with van der Waals surface area (Å²) in [5, 5.41) is 0. The van der Waals surface area contributed by atoms with Gasteiger partial charge in [-0.1, -0.05) is 46.3 Å². The normalized spacial score (nSPS) is 15.4. The molecule has 1 aliphatic heterocycles. The van der Waals surface area contributed by atoms with Crippen LogP contribution in [0.3, 0.4) is 0 Å². The number of nitrogens with zero attached hydrogens (tertiary/aromatic N) is 2. The van der Waals surface area contributed by atoms with Gasteiger partial charge < -0.3 is 9.64 Å². The molecule has 0 unspecified atom stereocenters. The van der Waals surface area contributed by atoms with Crippen LogP contribution in [-0.4, -0.2) is 49.0 Å². The summed E-state index contributed by atoms with van der Waals surface area (Å²) in [6.07, 6.45) is 3.51. The predicted octanol–water partition coefficient (Wildman–Crippen LogP) is 3.82. The molecule has 1 amide bonds. The van der Waals surface area contributed by atoms with Crippen molar-refractivity contribution >= 4 is 27.9 Å². The minimum absolute atomic E-state index is 0.0707. The molecular formula is C21H23BrN2O2. The summed E-state index contributed by atoms with van der Waals surface area (Å²) >= 11 is 3.60. The Morgan fingerprint density at radius 3 is 2.42 bits per heavy atom. The average Bonchev–Trinajstić information content (AvgIpc) is 2.69. The highest BCUT2D eigenvalue weighted by atomic mass is 79.9. The van der Waals surface area contributed by atoms with E-state index < -0.39 is 0 Å². The fourth-order valence-corrected chi connectivity index (χ4v) is 3.39. The van der Waals surface area contributed by atoms with E-state index in [2.05, 4.69) is 39.0 Å². The molecule has 1 heterocycles. The molecule has 0 atom stereocenters. The monoisotopic (exact) mass is 414 g/mol. The first-order chi connectivity index (χ1) is 12.7. The molecule has 0 bridgehead atoms. The van der Waals surface area contributed by atoms with Crippen molar-refractivity contribution in [1.82, 2.24) is 9.80 Å². The number of amides is 1. The minimum Gasteiger partial charge on any atom is -0.497 e. The van der Waals surface area contributed by atoms with Gasteiger partial charge in [-0.25, -0.2) is 0 Å². The summed E-state index contributed by atoms with van der Waals surface area (Å²) in [6.45, 7) is 4.21. The van der Waals surface area contributed by atoms with E-state index in [1.165, 1.54) is 5.56 Å². The highest BCUT2D eigenvalue weighted by Crippen LogP contribution is 2.19. The zero-order valence-corrected chi connectivity index (χ0v) is 16.5. The summed E-state index contributed by atoms with van der Waals surface area (Å²) in [5.74, 6) is 0.885. The van der Waals surface area contributed by atoms with Gasteiger partial charge in [0.05, 0.1) is 7.11 Å². The number of hydrogen-bond acceptors (Lipinski definition) is 3. The van der Waals surface area contributed by atoms with E-state index in [-0.39, 0.29) is 5.91 Å². The molecule has 136 valence electrons. The van der Waals surface area contributed by atoms with Crippen LogP contribution in [0, 0.1) is 0 Å². The lowest BCUT2D eigenvalue weighted by Crippen LogP contribution is -2.47. The highest BCUT2D eigenvalue weighted by molar-refractivity contribution is 9.10. The summed E-state index contributed by atoms with van der Waals surface area (Å²) in [7, 11) is 1.64. The molecule has 0 spiro atoms. The third kappa shape index (κ3) is 4.96. The molecule has 4 nitrogen and oxygen atoms in total. The van der Waals surface area contributed by atoms with E-state index in [4.69, 9.17) is 4.74 Å². The quantitative estimate of drug-likeness (QED) is 0.697. The molecule has 0 N–H and O–H groups in total. The van der Waals surface area contributed by atoms with Crippen LogP contribution >= 0.6 is 15.9 Å². The Labute approximate surface area is 163 Å². The van der Waals surface area contributed by atoms with Crippen molar-refractivity contribution in [2.45, 2.75) is 6.54 Å². The maximum atomic E-state index is 12.4. The fraction of sp³-hybridized carbons (Fsp3) is 0.286. The summed E-state index contributed by atoms with van der Waals surface area (Å²) in [6, 6.07) is 16.0. The van der Waals surface area contributed by atoms with E-state index >= 15 is 0 Å². The maximum Gasteiger partial charge on any atom is 0.246 e. The number of carbonyl (C=O) groups excluding carboxylic acids is 1. The van der Waals surface area contributed by atoms with Crippen LogP contribution in [0.4, 0.5) is 0 Å². The number of halogens is 1. The van der Waals surface area contributed by atoms with Crippen LogP contribution in [0.25, 0.3) is 6.08 Å². The second kappa shape index (κ2) is 9.01. The summed E-state index contributed by atoms with van der Waals surface area (Å²) in [4.78, 5) is 16.7. The molecule has 3 rings (SSSR count). The summed E-state index contributed by atoms with van der Waals surface area (Å²) < 4.78 is 6.28. The SMILES string of the molecule is COc1ccc(/C=C/C(=O)N2CCN(Cc3ccccc3Br)CC2)cc1. The molecule has 2 aromatic carbocycles. The van der Waals surface area contributed by atoms with E-state index in [1.807, 2.05) is 41.3 Å². The Morgan fingerprint density at radius 1 is 1.08 bits per heavy atom. The third-order valence-corrected chi connectivity index (χ3v) is 5.34. The first-order valence-electron chi connectivity index (χ1n) is 8.72. The van der Waals surface area contributed by atoms with E-state index in [1.54, 1.807) is 13.2 Å². The van der Waals surface area contributed by atoms with Crippen molar-refractivity contribution in [3.8, 4) is 5.75 Å². The van der Waals surface area contributed by atoms with Crippen molar-refractivity contribution in [3.05, 3.63) is 70.2 Å². The highest BCUT2D eigenvalue weighted by Gasteiger charge is 2.20. The lowest BCUT2D eigenvalue weighted by atomic mass is 10.2. The first-order valence-corrected chi connectivity index (χ1v) is 9.52. The van der Waals surface area contributed by atoms with Gasteiger partial charge >= 0.3 is 0 Å². The van der Waals surface area contributed by atoms with Gasteiger partial charge in [0.1, 0.15) is 5.75 Å². The Hall–Kier alpha value is -2.11. The van der Waals surface area contributed by atoms with Gasteiger partial charge in [-0.05, 0) is 35.4 Å². The Bertz CT molecular complexity index is 766. The summed E-state index contributed by atoms with van der Waals surface area (Å²) in [5.41, 5.74) is 2.28. The fourth-order valence-electron chi connectivity index (χ4n) is 2.98. The molecule has 2 aromatic rings. The topological polar surface area (TPSA) is 32.8 Å². The Kier molecular flexibility index (Phi) is 6.47. The molecule has 0 saturated carbocycles. The molecule has 5 heteroatoms. The number of piperazine rings is 1. The van der Waals surface area contributed by atoms with Crippen molar-refractivity contribution < 1.29 is 9.53 Å². The van der Waals surface area contributed by atoms with Gasteiger partial charge in [0.2, 0.25) is 5.91 Å². The van der Waals surface area contributed by atoms with Gasteiger partial charge in [0, 0.05) is 43.3 Å². The van der Waals surface area contributed by atoms with Gasteiger partial charge in [-0.2, -0.15) is 0 Å². The number of rotatable bonds is 5. The number of carbonyl (C=O) groups is 1. The van der Waals surface area contributed by atoms with Crippen LogP contribution in [0.5, 0.6) is 5.75 Å². The Balaban J connectivity index is 1.50. The number of hydrogen-bond donors (Lipinski definition) is 0. The molecule has 1 saturated heterocycles. The molecule has 0 aliphatic carbocycles. The van der Waals surface area contributed by atoms with Crippen molar-refractivity contribution in [1.29, 1.82) is 0 Å². The third-order valence-electron chi connectivity index (χ3n) is 4.57. The zero-order chi connectivity index (χ0) is 18.4. The van der Waals surface area contributed by atoms with E-state index in [0.29, 0.717) is 0 Å². The van der Waals surface area contributed by atoms with Crippen LogP contribution in [-0.2, 0) is 11.3 Å². The smallest absolute Gasteiger partial charge is 0.246 e. The lowest BCUT2D eigenvalue weighted by molar-refractivity contribution is -0.127. The van der Waals surface area contributed by atoms with Crippen molar-refractivity contribution in [2.24, 2.45) is 0 Å². The van der Waals surface area contributed by atoms with Crippen LogP contribution in [0.15, 0.2) is 59.1 Å². The van der Waals surface area contributed by atoms with Crippen LogP contribution in [0.2, 0.25) is 0 Å². The van der Waals surface area contributed by atoms with Crippen LogP contribution < -0.4 is 4.74 Å². The van der Waals surface area contributed by atoms with Gasteiger partial charge in [-0.3, -0.25) is 9.69 Å². The molecule has 0 radical (unpaired) electrons. The number of ether oxygens (including phenoxy) is 1. The molecule has 0 aromatic heterocycles. The van der Waals surface area contributed by atoms with Crippen molar-refractivity contribution in [3.63, 3.8) is 0 Å². The van der Waals surface area contributed by atoms with E-state index in [9.17, 15) is 4.79 Å². The molecule has 1 aliphatic rings.